The molecule has 3 rings (SSSR count). The fourth-order valence-corrected chi connectivity index (χ4v) is 3.15. The van der Waals surface area contributed by atoms with Crippen LogP contribution in [0, 0.1) is 5.92 Å². The van der Waals surface area contributed by atoms with Gasteiger partial charge in [0.05, 0.1) is 5.69 Å². The minimum atomic E-state index is 0.0657. The molecule has 0 unspecified atom stereocenters. The molecule has 1 aromatic carbocycles. The number of carbonyl (C=O) groups is 1. The van der Waals surface area contributed by atoms with Crippen molar-refractivity contribution in [3.63, 3.8) is 0 Å². The SMILES string of the molecule is C[C@H]1CCC[C@@H](C)N(C(=O)c2cc(-c3ccccc3)n[nH]2)C1. The average Bonchev–Trinajstić information content (AvgIpc) is 2.96. The fourth-order valence-electron chi connectivity index (χ4n) is 3.15. The number of rotatable bonds is 2. The van der Waals surface area contributed by atoms with Crippen LogP contribution in [0.2, 0.25) is 0 Å². The summed E-state index contributed by atoms with van der Waals surface area (Å²) in [5.41, 5.74) is 2.43. The highest BCUT2D eigenvalue weighted by molar-refractivity contribution is 5.93. The smallest absolute Gasteiger partial charge is 0.272 e. The van der Waals surface area contributed by atoms with E-state index in [0.717, 1.165) is 24.2 Å². The molecule has 2 atom stereocenters. The second-order valence-electron chi connectivity index (χ2n) is 6.38. The van der Waals surface area contributed by atoms with Gasteiger partial charge in [-0.3, -0.25) is 9.89 Å². The van der Waals surface area contributed by atoms with Gasteiger partial charge in [-0.15, -0.1) is 0 Å². The predicted octanol–water partition coefficient (Wildman–Crippen LogP) is 3.73. The number of aromatic nitrogens is 2. The van der Waals surface area contributed by atoms with Crippen molar-refractivity contribution in [3.05, 3.63) is 42.1 Å². The topological polar surface area (TPSA) is 49.0 Å². The lowest BCUT2D eigenvalue weighted by molar-refractivity contribution is 0.0671. The van der Waals surface area contributed by atoms with Gasteiger partial charge in [0.25, 0.3) is 5.91 Å². The Bertz CT molecular complexity index is 635. The number of hydrogen-bond donors (Lipinski definition) is 1. The molecular formula is C18H23N3O. The zero-order chi connectivity index (χ0) is 15.5. The molecule has 0 bridgehead atoms. The zero-order valence-corrected chi connectivity index (χ0v) is 13.2. The molecule has 0 spiro atoms. The summed E-state index contributed by atoms with van der Waals surface area (Å²) in [6.45, 7) is 5.20. The van der Waals surface area contributed by atoms with Crippen LogP contribution in [-0.2, 0) is 0 Å². The summed E-state index contributed by atoms with van der Waals surface area (Å²) in [6, 6.07) is 12.1. The second-order valence-corrected chi connectivity index (χ2v) is 6.38. The number of hydrogen-bond acceptors (Lipinski definition) is 2. The molecule has 1 amide bonds. The van der Waals surface area contributed by atoms with Gasteiger partial charge >= 0.3 is 0 Å². The fraction of sp³-hybridized carbons (Fsp3) is 0.444. The summed E-state index contributed by atoms with van der Waals surface area (Å²) in [5.74, 6) is 0.626. The molecule has 1 N–H and O–H groups in total. The van der Waals surface area contributed by atoms with E-state index in [2.05, 4.69) is 24.0 Å². The molecule has 0 radical (unpaired) electrons. The lowest BCUT2D eigenvalue weighted by Gasteiger charge is -2.28. The number of amides is 1. The van der Waals surface area contributed by atoms with Crippen LogP contribution < -0.4 is 0 Å². The highest BCUT2D eigenvalue weighted by atomic mass is 16.2. The number of aromatic amines is 1. The van der Waals surface area contributed by atoms with Crippen molar-refractivity contribution in [2.24, 2.45) is 5.92 Å². The third-order valence-electron chi connectivity index (χ3n) is 4.50. The maximum Gasteiger partial charge on any atom is 0.272 e. The van der Waals surface area contributed by atoms with Crippen molar-refractivity contribution in [2.45, 2.75) is 39.2 Å². The quantitative estimate of drug-likeness (QED) is 0.918. The normalized spacial score (nSPS) is 22.4. The summed E-state index contributed by atoms with van der Waals surface area (Å²) in [6.07, 6.45) is 3.48. The summed E-state index contributed by atoms with van der Waals surface area (Å²) < 4.78 is 0. The number of nitrogens with zero attached hydrogens (tertiary/aromatic N) is 2. The van der Waals surface area contributed by atoms with Gasteiger partial charge in [-0.25, -0.2) is 0 Å². The first-order valence-electron chi connectivity index (χ1n) is 8.07. The Morgan fingerprint density at radius 3 is 2.77 bits per heavy atom. The van der Waals surface area contributed by atoms with Crippen LogP contribution in [0.25, 0.3) is 11.3 Å². The van der Waals surface area contributed by atoms with Crippen LogP contribution in [0.1, 0.15) is 43.6 Å². The Balaban J connectivity index is 1.81. The third-order valence-corrected chi connectivity index (χ3v) is 4.50. The second kappa shape index (κ2) is 6.34. The van der Waals surface area contributed by atoms with E-state index < -0.39 is 0 Å². The van der Waals surface area contributed by atoms with Crippen molar-refractivity contribution < 1.29 is 4.79 Å². The molecule has 2 aromatic rings. The molecule has 116 valence electrons. The lowest BCUT2D eigenvalue weighted by atomic mass is 10.1. The largest absolute Gasteiger partial charge is 0.334 e. The van der Waals surface area contributed by atoms with E-state index in [1.165, 1.54) is 12.8 Å². The van der Waals surface area contributed by atoms with E-state index in [4.69, 9.17) is 0 Å². The van der Waals surface area contributed by atoms with E-state index >= 15 is 0 Å². The van der Waals surface area contributed by atoms with E-state index in [9.17, 15) is 4.79 Å². The standard InChI is InChI=1S/C18H23N3O/c1-13-7-6-8-14(2)21(12-13)18(22)17-11-16(19-20-17)15-9-4-3-5-10-15/h3-5,9-11,13-14H,6-8,12H2,1-2H3,(H,19,20)/t13-,14+/m0/s1. The first-order chi connectivity index (χ1) is 10.6. The first kappa shape index (κ1) is 14.8. The summed E-state index contributed by atoms with van der Waals surface area (Å²) in [4.78, 5) is 14.8. The number of likely N-dealkylation sites (tertiary alicyclic amines) is 1. The minimum absolute atomic E-state index is 0.0657. The van der Waals surface area contributed by atoms with Crippen LogP contribution in [0.3, 0.4) is 0 Å². The molecule has 1 aliphatic rings. The molecule has 0 aliphatic carbocycles. The van der Waals surface area contributed by atoms with E-state index in [0.29, 0.717) is 17.7 Å². The highest BCUT2D eigenvalue weighted by Crippen LogP contribution is 2.23. The van der Waals surface area contributed by atoms with Crippen molar-refractivity contribution >= 4 is 5.91 Å². The molecule has 22 heavy (non-hydrogen) atoms. The van der Waals surface area contributed by atoms with Gasteiger partial charge in [0.2, 0.25) is 0 Å². The van der Waals surface area contributed by atoms with Gasteiger partial charge in [-0.2, -0.15) is 5.10 Å². The van der Waals surface area contributed by atoms with E-state index in [-0.39, 0.29) is 5.91 Å². The Kier molecular flexibility index (Phi) is 4.27. The van der Waals surface area contributed by atoms with Gasteiger partial charge < -0.3 is 4.90 Å². The van der Waals surface area contributed by atoms with Crippen LogP contribution in [-0.4, -0.2) is 33.6 Å². The zero-order valence-electron chi connectivity index (χ0n) is 13.2. The Labute approximate surface area is 131 Å². The lowest BCUT2D eigenvalue weighted by Crippen LogP contribution is -2.40. The molecular weight excluding hydrogens is 274 g/mol. The number of benzene rings is 1. The molecule has 4 nitrogen and oxygen atoms in total. The first-order valence-corrected chi connectivity index (χ1v) is 8.07. The molecule has 0 saturated carbocycles. The molecule has 1 saturated heterocycles. The van der Waals surface area contributed by atoms with Crippen molar-refractivity contribution in [1.29, 1.82) is 0 Å². The Hall–Kier alpha value is -2.10. The van der Waals surface area contributed by atoms with Gasteiger partial charge in [0, 0.05) is 18.2 Å². The van der Waals surface area contributed by atoms with Gasteiger partial charge in [-0.1, -0.05) is 43.7 Å². The third kappa shape index (κ3) is 3.06. The summed E-state index contributed by atoms with van der Waals surface area (Å²) in [5, 5.41) is 7.21. The molecule has 2 heterocycles. The monoisotopic (exact) mass is 297 g/mol. The number of H-pyrrole nitrogens is 1. The molecule has 1 aliphatic heterocycles. The van der Waals surface area contributed by atoms with Crippen molar-refractivity contribution in [1.82, 2.24) is 15.1 Å². The average molecular weight is 297 g/mol. The summed E-state index contributed by atoms with van der Waals surface area (Å²) >= 11 is 0. The predicted molar refractivity (Wildman–Crippen MR) is 87.5 cm³/mol. The number of carbonyl (C=O) groups excluding carboxylic acids is 1. The number of nitrogens with one attached hydrogen (secondary N) is 1. The molecule has 1 aromatic heterocycles. The summed E-state index contributed by atoms with van der Waals surface area (Å²) in [7, 11) is 0. The van der Waals surface area contributed by atoms with E-state index in [1.54, 1.807) is 0 Å². The minimum Gasteiger partial charge on any atom is -0.334 e. The molecule has 1 fully saturated rings. The van der Waals surface area contributed by atoms with Gasteiger partial charge in [0.15, 0.2) is 0 Å². The van der Waals surface area contributed by atoms with E-state index in [1.807, 2.05) is 41.3 Å². The van der Waals surface area contributed by atoms with Crippen molar-refractivity contribution in [3.8, 4) is 11.3 Å². The van der Waals surface area contributed by atoms with Crippen LogP contribution in [0.5, 0.6) is 0 Å². The van der Waals surface area contributed by atoms with Crippen molar-refractivity contribution in [2.75, 3.05) is 6.54 Å². The van der Waals surface area contributed by atoms with Crippen LogP contribution >= 0.6 is 0 Å². The highest BCUT2D eigenvalue weighted by Gasteiger charge is 2.27. The maximum atomic E-state index is 12.8. The van der Waals surface area contributed by atoms with Crippen LogP contribution in [0.15, 0.2) is 36.4 Å². The van der Waals surface area contributed by atoms with Crippen LogP contribution in [0.4, 0.5) is 0 Å². The van der Waals surface area contributed by atoms with Gasteiger partial charge in [-0.05, 0) is 31.7 Å². The van der Waals surface area contributed by atoms with Gasteiger partial charge in [0.1, 0.15) is 5.69 Å². The molecule has 4 heteroatoms. The Morgan fingerprint density at radius 1 is 1.23 bits per heavy atom. The Morgan fingerprint density at radius 2 is 2.00 bits per heavy atom. The maximum absolute atomic E-state index is 12.8.